The summed E-state index contributed by atoms with van der Waals surface area (Å²) >= 11 is 1.67. The van der Waals surface area contributed by atoms with Crippen LogP contribution in [0.5, 0.6) is 0 Å². The van der Waals surface area contributed by atoms with E-state index in [2.05, 4.69) is 11.9 Å². The van der Waals surface area contributed by atoms with Crippen LogP contribution in [0.1, 0.15) is 13.3 Å². The molecule has 5 atom stereocenters. The first-order chi connectivity index (χ1) is 9.47. The molecule has 0 aromatic rings. The Morgan fingerprint density at radius 1 is 1.55 bits per heavy atom. The Balaban J connectivity index is 1.54. The summed E-state index contributed by atoms with van der Waals surface area (Å²) in [5, 5.41) is 2.67. The van der Waals surface area contributed by atoms with Crippen LogP contribution in [0.15, 0.2) is 12.2 Å². The maximum Gasteiger partial charge on any atom is 0.325 e. The van der Waals surface area contributed by atoms with Crippen LogP contribution in [0.3, 0.4) is 0 Å². The molecule has 5 unspecified atom stereocenters. The van der Waals surface area contributed by atoms with E-state index in [1.807, 2.05) is 0 Å². The van der Waals surface area contributed by atoms with Crippen molar-refractivity contribution < 1.29 is 23.9 Å². The van der Waals surface area contributed by atoms with Gasteiger partial charge in [-0.3, -0.25) is 14.4 Å². The van der Waals surface area contributed by atoms with E-state index >= 15 is 0 Å². The molecule has 1 N–H and O–H groups in total. The highest BCUT2D eigenvalue weighted by molar-refractivity contribution is 8.01. The SMILES string of the molecule is C=C(C)C(=O)NCC(=O)OC1C2CC3C(=O)OC1C3S2. The average molecular weight is 297 g/mol. The van der Waals surface area contributed by atoms with Crippen molar-refractivity contribution in [1.82, 2.24) is 5.32 Å². The first-order valence-electron chi connectivity index (χ1n) is 6.46. The molecule has 3 aliphatic rings. The molecule has 20 heavy (non-hydrogen) atoms. The van der Waals surface area contributed by atoms with E-state index < -0.39 is 5.97 Å². The number of esters is 2. The Hall–Kier alpha value is -1.50. The first kappa shape index (κ1) is 13.5. The van der Waals surface area contributed by atoms with E-state index in [0.717, 1.165) is 0 Å². The number of hydrogen-bond acceptors (Lipinski definition) is 6. The molecule has 7 heteroatoms. The maximum atomic E-state index is 11.7. The molecule has 1 amide bonds. The molecule has 108 valence electrons. The smallest absolute Gasteiger partial charge is 0.325 e. The predicted octanol–water partition coefficient (Wildman–Crippen LogP) is 0.0198. The zero-order valence-corrected chi connectivity index (χ0v) is 11.8. The van der Waals surface area contributed by atoms with Crippen LogP contribution >= 0.6 is 11.8 Å². The Kier molecular flexibility index (Phi) is 3.24. The van der Waals surface area contributed by atoms with Crippen molar-refractivity contribution in [2.45, 2.75) is 36.1 Å². The van der Waals surface area contributed by atoms with Gasteiger partial charge in [-0.1, -0.05) is 6.58 Å². The molecule has 0 aliphatic carbocycles. The van der Waals surface area contributed by atoms with Gasteiger partial charge in [-0.05, 0) is 13.3 Å². The van der Waals surface area contributed by atoms with E-state index in [0.29, 0.717) is 12.0 Å². The molecule has 0 spiro atoms. The lowest BCUT2D eigenvalue weighted by Crippen LogP contribution is -2.42. The summed E-state index contributed by atoms with van der Waals surface area (Å²) < 4.78 is 10.7. The van der Waals surface area contributed by atoms with Crippen LogP contribution in [0.4, 0.5) is 0 Å². The molecule has 6 nitrogen and oxygen atoms in total. The van der Waals surface area contributed by atoms with Gasteiger partial charge in [-0.15, -0.1) is 11.8 Å². The molecule has 3 fully saturated rings. The minimum Gasteiger partial charge on any atom is -0.457 e. The highest BCUT2D eigenvalue weighted by Gasteiger charge is 2.64. The molecule has 0 saturated carbocycles. The number of fused-ring (bicyclic) bond motifs is 1. The van der Waals surface area contributed by atoms with Gasteiger partial charge in [0.1, 0.15) is 6.54 Å². The third-order valence-electron chi connectivity index (χ3n) is 3.83. The topological polar surface area (TPSA) is 81.7 Å². The largest absolute Gasteiger partial charge is 0.457 e. The summed E-state index contributed by atoms with van der Waals surface area (Å²) in [6.07, 6.45) is -0.000219. The Morgan fingerprint density at radius 3 is 3.00 bits per heavy atom. The van der Waals surface area contributed by atoms with Crippen molar-refractivity contribution in [2.75, 3.05) is 6.54 Å². The van der Waals surface area contributed by atoms with Gasteiger partial charge in [0.25, 0.3) is 0 Å². The van der Waals surface area contributed by atoms with Crippen LogP contribution < -0.4 is 5.32 Å². The van der Waals surface area contributed by atoms with Crippen LogP contribution in [0.2, 0.25) is 0 Å². The van der Waals surface area contributed by atoms with Crippen LogP contribution in [-0.4, -0.2) is 47.1 Å². The van der Waals surface area contributed by atoms with Gasteiger partial charge in [-0.25, -0.2) is 0 Å². The molecular weight excluding hydrogens is 282 g/mol. The zero-order chi connectivity index (χ0) is 14.4. The van der Waals surface area contributed by atoms with Crippen molar-refractivity contribution in [2.24, 2.45) is 5.92 Å². The third kappa shape index (κ3) is 2.09. The van der Waals surface area contributed by atoms with E-state index in [-0.39, 0.29) is 47.0 Å². The Bertz CT molecular complexity index is 505. The van der Waals surface area contributed by atoms with Crippen molar-refractivity contribution in [3.05, 3.63) is 12.2 Å². The fourth-order valence-electron chi connectivity index (χ4n) is 2.88. The van der Waals surface area contributed by atoms with Crippen LogP contribution in [-0.2, 0) is 23.9 Å². The highest BCUT2D eigenvalue weighted by Crippen LogP contribution is 2.55. The average Bonchev–Trinajstić information content (AvgIpc) is 3.00. The number of ether oxygens (including phenoxy) is 2. The monoisotopic (exact) mass is 297 g/mol. The van der Waals surface area contributed by atoms with E-state index in [9.17, 15) is 14.4 Å². The van der Waals surface area contributed by atoms with Crippen molar-refractivity contribution in [3.63, 3.8) is 0 Å². The lowest BCUT2D eigenvalue weighted by atomic mass is 9.88. The number of hydrogen-bond donors (Lipinski definition) is 1. The van der Waals surface area contributed by atoms with Gasteiger partial charge >= 0.3 is 11.9 Å². The van der Waals surface area contributed by atoms with Gasteiger partial charge < -0.3 is 14.8 Å². The van der Waals surface area contributed by atoms with Crippen molar-refractivity contribution in [1.29, 1.82) is 0 Å². The molecule has 3 rings (SSSR count). The summed E-state index contributed by atoms with van der Waals surface area (Å²) in [5.74, 6) is -1.11. The third-order valence-corrected chi connectivity index (χ3v) is 5.55. The van der Waals surface area contributed by atoms with Crippen LogP contribution in [0.25, 0.3) is 0 Å². The van der Waals surface area contributed by atoms with Crippen LogP contribution in [0, 0.1) is 5.92 Å². The van der Waals surface area contributed by atoms with Gasteiger partial charge in [0.15, 0.2) is 12.2 Å². The molecule has 0 aromatic carbocycles. The Morgan fingerprint density at radius 2 is 2.30 bits per heavy atom. The summed E-state index contributed by atoms with van der Waals surface area (Å²) in [7, 11) is 0. The number of amides is 1. The lowest BCUT2D eigenvalue weighted by molar-refractivity contribution is -0.159. The van der Waals surface area contributed by atoms with Gasteiger partial charge in [0, 0.05) is 10.8 Å². The first-order valence-corrected chi connectivity index (χ1v) is 7.41. The number of thioether (sulfide) groups is 1. The predicted molar refractivity (Wildman–Crippen MR) is 70.9 cm³/mol. The molecule has 0 radical (unpaired) electrons. The van der Waals surface area contributed by atoms with E-state index in [1.165, 1.54) is 0 Å². The standard InChI is InChI=1S/C13H15NO5S/c1-5(2)12(16)14-4-8(15)18-9-7-3-6-11(20-7)10(9)19-13(6)17/h6-7,9-11H,1,3-4H2,2H3,(H,14,16). The second-order valence-electron chi connectivity index (χ2n) is 5.30. The highest BCUT2D eigenvalue weighted by atomic mass is 32.2. The maximum absolute atomic E-state index is 11.7. The summed E-state index contributed by atoms with van der Waals surface area (Å²) in [4.78, 5) is 34.6. The van der Waals surface area contributed by atoms with E-state index in [1.54, 1.807) is 18.7 Å². The summed E-state index contributed by atoms with van der Waals surface area (Å²) in [6, 6.07) is 0. The normalized spacial score (nSPS) is 36.6. The van der Waals surface area contributed by atoms with Gasteiger partial charge in [-0.2, -0.15) is 0 Å². The number of carbonyl (C=O) groups is 3. The minimum atomic E-state index is -0.516. The van der Waals surface area contributed by atoms with E-state index in [4.69, 9.17) is 9.47 Å². The second kappa shape index (κ2) is 4.80. The van der Waals surface area contributed by atoms with Gasteiger partial charge in [0.2, 0.25) is 5.91 Å². The molecule has 0 aromatic heterocycles. The molecular formula is C13H15NO5S. The van der Waals surface area contributed by atoms with Crippen molar-refractivity contribution in [3.8, 4) is 0 Å². The number of rotatable bonds is 4. The fourth-order valence-corrected chi connectivity index (χ4v) is 4.74. The van der Waals surface area contributed by atoms with Gasteiger partial charge in [0.05, 0.1) is 11.2 Å². The summed E-state index contributed by atoms with van der Waals surface area (Å²) in [5.41, 5.74) is 0.334. The number of carbonyl (C=O) groups excluding carboxylic acids is 3. The van der Waals surface area contributed by atoms with Crippen molar-refractivity contribution >= 4 is 29.6 Å². The molecule has 2 bridgehead atoms. The summed E-state index contributed by atoms with van der Waals surface area (Å²) in [6.45, 7) is 4.84. The second-order valence-corrected chi connectivity index (χ2v) is 6.72. The fraction of sp³-hybridized carbons (Fsp3) is 0.615. The molecule has 3 saturated heterocycles. The zero-order valence-electron chi connectivity index (χ0n) is 11.0. The lowest BCUT2D eigenvalue weighted by Gasteiger charge is -2.23. The minimum absolute atomic E-state index is 0.0342. The number of nitrogens with one attached hydrogen (secondary N) is 1. The Labute approximate surface area is 120 Å². The molecule has 3 aliphatic heterocycles. The quantitative estimate of drug-likeness (QED) is 0.582. The molecule has 3 heterocycles.